The molecule has 0 aliphatic heterocycles. The number of hydrogen-bond donors (Lipinski definition) is 1. The molecule has 0 aromatic carbocycles. The minimum Gasteiger partial charge on any atom is -0.314 e. The van der Waals surface area contributed by atoms with Crippen molar-refractivity contribution < 1.29 is 0 Å². The number of aromatic nitrogens is 2. The SMILES string of the molecule is CCCNC(C)C(C)Cc1c(Br)c(C)nn1CC. The summed E-state index contributed by atoms with van der Waals surface area (Å²) in [7, 11) is 0. The summed E-state index contributed by atoms with van der Waals surface area (Å²) in [5, 5.41) is 8.12. The van der Waals surface area contributed by atoms with Crippen molar-refractivity contribution in [2.75, 3.05) is 6.54 Å². The van der Waals surface area contributed by atoms with E-state index in [1.165, 1.54) is 16.6 Å². The lowest BCUT2D eigenvalue weighted by atomic mass is 9.97. The molecule has 0 amide bonds. The van der Waals surface area contributed by atoms with Crippen LogP contribution in [0, 0.1) is 12.8 Å². The zero-order valence-electron chi connectivity index (χ0n) is 12.3. The molecule has 0 fully saturated rings. The third-order valence-electron chi connectivity index (χ3n) is 3.54. The molecule has 0 saturated carbocycles. The fourth-order valence-electron chi connectivity index (χ4n) is 2.12. The van der Waals surface area contributed by atoms with Crippen LogP contribution >= 0.6 is 15.9 Å². The molecule has 2 atom stereocenters. The maximum atomic E-state index is 4.55. The van der Waals surface area contributed by atoms with Gasteiger partial charge in [-0.15, -0.1) is 0 Å². The molecule has 3 nitrogen and oxygen atoms in total. The predicted molar refractivity (Wildman–Crippen MR) is 81.0 cm³/mol. The summed E-state index contributed by atoms with van der Waals surface area (Å²) in [6.45, 7) is 13.0. The van der Waals surface area contributed by atoms with Crippen LogP contribution in [0.1, 0.15) is 45.5 Å². The van der Waals surface area contributed by atoms with E-state index in [2.05, 4.69) is 65.6 Å². The Labute approximate surface area is 119 Å². The Morgan fingerprint density at radius 3 is 2.56 bits per heavy atom. The predicted octanol–water partition coefficient (Wildman–Crippen LogP) is 3.54. The maximum absolute atomic E-state index is 4.55. The number of aryl methyl sites for hydroxylation is 2. The molecule has 0 bridgehead atoms. The monoisotopic (exact) mass is 315 g/mol. The third-order valence-corrected chi connectivity index (χ3v) is 4.57. The van der Waals surface area contributed by atoms with Crippen LogP contribution in [0.3, 0.4) is 0 Å². The van der Waals surface area contributed by atoms with Crippen molar-refractivity contribution in [1.29, 1.82) is 0 Å². The number of nitrogens with zero attached hydrogens (tertiary/aromatic N) is 2. The lowest BCUT2D eigenvalue weighted by Crippen LogP contribution is -2.34. The van der Waals surface area contributed by atoms with Crippen molar-refractivity contribution in [1.82, 2.24) is 15.1 Å². The van der Waals surface area contributed by atoms with Crippen LogP contribution in [0.2, 0.25) is 0 Å². The summed E-state index contributed by atoms with van der Waals surface area (Å²) in [5.74, 6) is 0.606. The van der Waals surface area contributed by atoms with Gasteiger partial charge in [0.2, 0.25) is 0 Å². The molecule has 0 saturated heterocycles. The highest BCUT2D eigenvalue weighted by molar-refractivity contribution is 9.10. The molecule has 0 spiro atoms. The standard InChI is InChI=1S/C14H26BrN3/c1-6-8-16-11(4)10(3)9-13-14(15)12(5)17-18(13)7-2/h10-11,16H,6-9H2,1-5H3. The van der Waals surface area contributed by atoms with Crippen molar-refractivity contribution in [3.63, 3.8) is 0 Å². The van der Waals surface area contributed by atoms with E-state index in [1.54, 1.807) is 0 Å². The number of nitrogens with one attached hydrogen (secondary N) is 1. The first kappa shape index (κ1) is 15.7. The van der Waals surface area contributed by atoms with Gasteiger partial charge in [-0.1, -0.05) is 13.8 Å². The second kappa shape index (κ2) is 7.29. The zero-order chi connectivity index (χ0) is 13.7. The van der Waals surface area contributed by atoms with Crippen LogP contribution < -0.4 is 5.32 Å². The van der Waals surface area contributed by atoms with Crippen molar-refractivity contribution in [2.24, 2.45) is 5.92 Å². The highest BCUT2D eigenvalue weighted by Gasteiger charge is 2.18. The summed E-state index contributed by atoms with van der Waals surface area (Å²) < 4.78 is 3.29. The van der Waals surface area contributed by atoms with E-state index in [4.69, 9.17) is 0 Å². The van der Waals surface area contributed by atoms with Gasteiger partial charge in [0, 0.05) is 12.6 Å². The molecule has 0 aliphatic carbocycles. The van der Waals surface area contributed by atoms with Crippen LogP contribution in [0.5, 0.6) is 0 Å². The van der Waals surface area contributed by atoms with Gasteiger partial charge >= 0.3 is 0 Å². The molecular weight excluding hydrogens is 290 g/mol. The van der Waals surface area contributed by atoms with Crippen molar-refractivity contribution in [3.8, 4) is 0 Å². The van der Waals surface area contributed by atoms with Crippen LogP contribution in [-0.4, -0.2) is 22.4 Å². The summed E-state index contributed by atoms with van der Waals surface area (Å²) >= 11 is 3.67. The Kier molecular flexibility index (Phi) is 6.36. The van der Waals surface area contributed by atoms with Crippen molar-refractivity contribution in [3.05, 3.63) is 15.9 Å². The fraction of sp³-hybridized carbons (Fsp3) is 0.786. The summed E-state index contributed by atoms with van der Waals surface area (Å²) in [6.07, 6.45) is 2.25. The molecule has 104 valence electrons. The molecule has 1 rings (SSSR count). The average Bonchev–Trinajstić information content (AvgIpc) is 2.63. The lowest BCUT2D eigenvalue weighted by molar-refractivity contribution is 0.389. The van der Waals surface area contributed by atoms with E-state index in [1.807, 2.05) is 0 Å². The molecule has 2 unspecified atom stereocenters. The maximum Gasteiger partial charge on any atom is 0.0738 e. The Bertz CT molecular complexity index is 373. The van der Waals surface area contributed by atoms with Gasteiger partial charge in [-0.25, -0.2) is 0 Å². The normalized spacial score (nSPS) is 14.8. The third kappa shape index (κ3) is 3.82. The topological polar surface area (TPSA) is 29.9 Å². The van der Waals surface area contributed by atoms with Crippen LogP contribution in [0.15, 0.2) is 4.47 Å². The van der Waals surface area contributed by atoms with E-state index >= 15 is 0 Å². The molecule has 1 N–H and O–H groups in total. The fourth-order valence-corrected chi connectivity index (χ4v) is 2.56. The van der Waals surface area contributed by atoms with Gasteiger partial charge in [-0.2, -0.15) is 5.10 Å². The van der Waals surface area contributed by atoms with Crippen molar-refractivity contribution >= 4 is 15.9 Å². The average molecular weight is 316 g/mol. The van der Waals surface area contributed by atoms with Gasteiger partial charge < -0.3 is 5.32 Å². The zero-order valence-corrected chi connectivity index (χ0v) is 13.8. The van der Waals surface area contributed by atoms with Gasteiger partial charge in [0.25, 0.3) is 0 Å². The second-order valence-corrected chi connectivity index (χ2v) is 5.88. The minimum atomic E-state index is 0.539. The number of halogens is 1. The van der Waals surface area contributed by atoms with E-state index in [0.29, 0.717) is 12.0 Å². The van der Waals surface area contributed by atoms with Crippen LogP contribution in [-0.2, 0) is 13.0 Å². The van der Waals surface area contributed by atoms with E-state index in [0.717, 1.165) is 25.2 Å². The highest BCUT2D eigenvalue weighted by Crippen LogP contribution is 2.24. The largest absolute Gasteiger partial charge is 0.314 e. The van der Waals surface area contributed by atoms with E-state index < -0.39 is 0 Å². The van der Waals surface area contributed by atoms with Crippen LogP contribution in [0.4, 0.5) is 0 Å². The Balaban J connectivity index is 2.71. The number of rotatable bonds is 7. The van der Waals surface area contributed by atoms with Gasteiger partial charge in [-0.3, -0.25) is 4.68 Å². The first-order valence-electron chi connectivity index (χ1n) is 6.96. The molecule has 0 radical (unpaired) electrons. The molecule has 1 aromatic heterocycles. The summed E-state index contributed by atoms with van der Waals surface area (Å²) in [6, 6.07) is 0.539. The Hall–Kier alpha value is -0.350. The highest BCUT2D eigenvalue weighted by atomic mass is 79.9. The molecule has 0 aliphatic rings. The Morgan fingerprint density at radius 1 is 1.33 bits per heavy atom. The molecule has 18 heavy (non-hydrogen) atoms. The van der Waals surface area contributed by atoms with Gasteiger partial charge in [0.15, 0.2) is 0 Å². The molecule has 4 heteroatoms. The lowest BCUT2D eigenvalue weighted by Gasteiger charge is -2.21. The van der Waals surface area contributed by atoms with Crippen molar-refractivity contribution in [2.45, 2.75) is 60.0 Å². The quantitative estimate of drug-likeness (QED) is 0.834. The van der Waals surface area contributed by atoms with E-state index in [-0.39, 0.29) is 0 Å². The van der Waals surface area contributed by atoms with Gasteiger partial charge in [0.05, 0.1) is 15.9 Å². The van der Waals surface area contributed by atoms with Gasteiger partial charge in [-0.05, 0) is 62.0 Å². The van der Waals surface area contributed by atoms with E-state index in [9.17, 15) is 0 Å². The summed E-state index contributed by atoms with van der Waals surface area (Å²) in [4.78, 5) is 0. The smallest absolute Gasteiger partial charge is 0.0738 e. The first-order chi connectivity index (χ1) is 8.51. The molecular formula is C14H26BrN3. The molecule has 1 heterocycles. The Morgan fingerprint density at radius 2 is 2.00 bits per heavy atom. The minimum absolute atomic E-state index is 0.539. The molecule has 1 aromatic rings. The number of hydrogen-bond acceptors (Lipinski definition) is 2. The van der Waals surface area contributed by atoms with Crippen LogP contribution in [0.25, 0.3) is 0 Å². The van der Waals surface area contributed by atoms with Gasteiger partial charge in [0.1, 0.15) is 0 Å². The first-order valence-corrected chi connectivity index (χ1v) is 7.75. The summed E-state index contributed by atoms with van der Waals surface area (Å²) in [5.41, 5.74) is 2.42. The second-order valence-electron chi connectivity index (χ2n) is 5.09.